The first-order chi connectivity index (χ1) is 14.1. The van der Waals surface area contributed by atoms with E-state index in [-0.39, 0.29) is 11.7 Å². The quantitative estimate of drug-likeness (QED) is 0.755. The van der Waals surface area contributed by atoms with Gasteiger partial charge < -0.3 is 15.0 Å². The zero-order valence-electron chi connectivity index (χ0n) is 16.4. The third-order valence-corrected chi connectivity index (χ3v) is 6.06. The van der Waals surface area contributed by atoms with E-state index in [2.05, 4.69) is 10.1 Å². The number of imide groups is 1. The lowest BCUT2D eigenvalue weighted by molar-refractivity contribution is -0.274. The molecule has 0 aromatic heterocycles. The Labute approximate surface area is 171 Å². The zero-order valence-corrected chi connectivity index (χ0v) is 16.4. The molecular weight excluding hydrogens is 403 g/mol. The number of alkyl halides is 3. The lowest BCUT2D eigenvalue weighted by Crippen LogP contribution is -2.52. The fourth-order valence-electron chi connectivity index (χ4n) is 4.65. The highest BCUT2D eigenvalue weighted by molar-refractivity contribution is 6.11. The SMILES string of the molecule is CC(C(=O)N1CCCc2cc(OC(F)(F)F)ccc21)N1C(=O)NC2(CCCC2)C1=O. The van der Waals surface area contributed by atoms with E-state index in [1.807, 2.05) is 0 Å². The van der Waals surface area contributed by atoms with Crippen LogP contribution in [0.5, 0.6) is 5.75 Å². The van der Waals surface area contributed by atoms with Crippen molar-refractivity contribution < 1.29 is 32.3 Å². The van der Waals surface area contributed by atoms with Gasteiger partial charge in [0.05, 0.1) is 0 Å². The first-order valence-corrected chi connectivity index (χ1v) is 9.97. The van der Waals surface area contributed by atoms with E-state index < -0.39 is 29.9 Å². The number of amides is 4. The van der Waals surface area contributed by atoms with E-state index in [4.69, 9.17) is 0 Å². The molecule has 1 saturated heterocycles. The van der Waals surface area contributed by atoms with Gasteiger partial charge in [-0.1, -0.05) is 12.8 Å². The highest BCUT2D eigenvalue weighted by atomic mass is 19.4. The molecule has 2 fully saturated rings. The van der Waals surface area contributed by atoms with Gasteiger partial charge in [0.25, 0.3) is 5.91 Å². The number of urea groups is 1. The van der Waals surface area contributed by atoms with Gasteiger partial charge in [-0.25, -0.2) is 9.69 Å². The second-order valence-corrected chi connectivity index (χ2v) is 8.00. The van der Waals surface area contributed by atoms with Gasteiger partial charge >= 0.3 is 12.4 Å². The fourth-order valence-corrected chi connectivity index (χ4v) is 4.65. The van der Waals surface area contributed by atoms with Crippen LogP contribution in [0.4, 0.5) is 23.7 Å². The van der Waals surface area contributed by atoms with Crippen molar-refractivity contribution in [3.8, 4) is 5.75 Å². The Morgan fingerprint density at radius 2 is 1.90 bits per heavy atom. The summed E-state index contributed by atoms with van der Waals surface area (Å²) in [6.07, 6.45) is -0.965. The average Bonchev–Trinajstić information content (AvgIpc) is 3.23. The van der Waals surface area contributed by atoms with Crippen LogP contribution in [0.3, 0.4) is 0 Å². The van der Waals surface area contributed by atoms with Gasteiger partial charge in [0.1, 0.15) is 17.3 Å². The van der Waals surface area contributed by atoms with Crippen LogP contribution >= 0.6 is 0 Å². The number of rotatable bonds is 3. The number of nitrogens with one attached hydrogen (secondary N) is 1. The Morgan fingerprint density at radius 1 is 1.20 bits per heavy atom. The van der Waals surface area contributed by atoms with Crippen LogP contribution in [-0.2, 0) is 16.0 Å². The van der Waals surface area contributed by atoms with Crippen LogP contribution in [0.1, 0.15) is 44.6 Å². The fraction of sp³-hybridized carbons (Fsp3) is 0.550. The van der Waals surface area contributed by atoms with Crippen molar-refractivity contribution >= 4 is 23.5 Å². The maximum atomic E-state index is 13.2. The van der Waals surface area contributed by atoms with Gasteiger partial charge in [-0.2, -0.15) is 0 Å². The minimum atomic E-state index is -4.80. The molecule has 10 heteroatoms. The van der Waals surface area contributed by atoms with Crippen LogP contribution in [0.25, 0.3) is 0 Å². The molecule has 2 aliphatic heterocycles. The number of hydrogen-bond acceptors (Lipinski definition) is 4. The summed E-state index contributed by atoms with van der Waals surface area (Å²) in [5.41, 5.74) is 0.109. The molecule has 4 rings (SSSR count). The van der Waals surface area contributed by atoms with E-state index in [0.717, 1.165) is 23.8 Å². The average molecular weight is 425 g/mol. The smallest absolute Gasteiger partial charge is 0.406 e. The molecule has 1 unspecified atom stereocenters. The number of benzene rings is 1. The maximum absolute atomic E-state index is 13.2. The maximum Gasteiger partial charge on any atom is 0.573 e. The monoisotopic (exact) mass is 425 g/mol. The predicted molar refractivity (Wildman–Crippen MR) is 99.8 cm³/mol. The Morgan fingerprint density at radius 3 is 2.57 bits per heavy atom. The molecule has 4 amide bonds. The van der Waals surface area contributed by atoms with Crippen molar-refractivity contribution in [1.82, 2.24) is 10.2 Å². The zero-order chi connectivity index (χ0) is 21.7. The minimum absolute atomic E-state index is 0.346. The molecule has 1 saturated carbocycles. The summed E-state index contributed by atoms with van der Waals surface area (Å²) < 4.78 is 41.4. The van der Waals surface area contributed by atoms with Gasteiger partial charge in [0.2, 0.25) is 5.91 Å². The van der Waals surface area contributed by atoms with Gasteiger partial charge in [0.15, 0.2) is 0 Å². The standard InChI is InChI=1S/C20H22F3N3O4/c1-12(26-17(28)19(24-18(26)29)8-2-3-9-19)16(27)25-10-4-5-13-11-14(6-7-15(13)25)30-20(21,22)23/h6-7,11-12H,2-5,8-10H2,1H3,(H,24,29). The second kappa shape index (κ2) is 7.17. The van der Waals surface area contributed by atoms with Crippen LogP contribution in [0.2, 0.25) is 0 Å². The highest BCUT2D eigenvalue weighted by Crippen LogP contribution is 2.37. The molecule has 1 aromatic carbocycles. The van der Waals surface area contributed by atoms with E-state index >= 15 is 0 Å². The molecule has 7 nitrogen and oxygen atoms in total. The number of halogens is 3. The summed E-state index contributed by atoms with van der Waals surface area (Å²) in [5, 5.41) is 2.76. The molecule has 1 N–H and O–H groups in total. The number of anilines is 1. The summed E-state index contributed by atoms with van der Waals surface area (Å²) in [4.78, 5) is 41.1. The second-order valence-electron chi connectivity index (χ2n) is 8.00. The third-order valence-electron chi connectivity index (χ3n) is 6.06. The van der Waals surface area contributed by atoms with Crippen molar-refractivity contribution in [3.05, 3.63) is 23.8 Å². The number of fused-ring (bicyclic) bond motifs is 1. The molecule has 3 aliphatic rings. The number of nitrogens with zero attached hydrogens (tertiary/aromatic N) is 2. The van der Waals surface area contributed by atoms with Crippen LogP contribution in [0.15, 0.2) is 18.2 Å². The van der Waals surface area contributed by atoms with E-state index in [9.17, 15) is 27.6 Å². The van der Waals surface area contributed by atoms with Crippen molar-refractivity contribution in [2.75, 3.05) is 11.4 Å². The summed E-state index contributed by atoms with van der Waals surface area (Å²) in [6, 6.07) is 2.24. The summed E-state index contributed by atoms with van der Waals surface area (Å²) >= 11 is 0. The minimum Gasteiger partial charge on any atom is -0.406 e. The number of hydrogen-bond donors (Lipinski definition) is 1. The molecule has 1 spiro atoms. The van der Waals surface area contributed by atoms with E-state index in [1.54, 1.807) is 0 Å². The Bertz CT molecular complexity index is 896. The van der Waals surface area contributed by atoms with E-state index in [1.165, 1.54) is 24.0 Å². The Hall–Kier alpha value is -2.78. The summed E-state index contributed by atoms with van der Waals surface area (Å²) in [5.74, 6) is -1.17. The molecule has 162 valence electrons. The van der Waals surface area contributed by atoms with Gasteiger partial charge in [-0.3, -0.25) is 9.59 Å². The summed E-state index contributed by atoms with van der Waals surface area (Å²) in [6.45, 7) is 1.85. The number of aryl methyl sites for hydroxylation is 1. The Balaban J connectivity index is 1.56. The molecular formula is C20H22F3N3O4. The van der Waals surface area contributed by atoms with Gasteiger partial charge in [-0.05, 0) is 56.4 Å². The van der Waals surface area contributed by atoms with Gasteiger partial charge in [-0.15, -0.1) is 13.2 Å². The third kappa shape index (κ3) is 3.48. The molecule has 0 bridgehead atoms. The molecule has 30 heavy (non-hydrogen) atoms. The Kier molecular flexibility index (Phi) is 4.90. The number of carbonyl (C=O) groups is 3. The molecule has 1 atom stereocenters. The predicted octanol–water partition coefficient (Wildman–Crippen LogP) is 3.12. The van der Waals surface area contributed by atoms with Crippen molar-refractivity contribution in [2.24, 2.45) is 0 Å². The number of ether oxygens (including phenoxy) is 1. The molecule has 1 aliphatic carbocycles. The first-order valence-electron chi connectivity index (χ1n) is 9.97. The van der Waals surface area contributed by atoms with Crippen molar-refractivity contribution in [3.63, 3.8) is 0 Å². The normalized spacial score (nSPS) is 21.6. The van der Waals surface area contributed by atoms with Gasteiger partial charge in [0, 0.05) is 12.2 Å². The lowest BCUT2D eigenvalue weighted by Gasteiger charge is -2.33. The highest BCUT2D eigenvalue weighted by Gasteiger charge is 2.55. The van der Waals surface area contributed by atoms with Crippen LogP contribution < -0.4 is 15.0 Å². The van der Waals surface area contributed by atoms with Crippen molar-refractivity contribution in [2.45, 2.75) is 63.4 Å². The topological polar surface area (TPSA) is 79.0 Å². The van der Waals surface area contributed by atoms with Crippen LogP contribution in [-0.4, -0.2) is 47.2 Å². The van der Waals surface area contributed by atoms with Crippen LogP contribution in [0, 0.1) is 0 Å². The molecule has 0 radical (unpaired) electrons. The largest absolute Gasteiger partial charge is 0.573 e. The molecule has 1 aromatic rings. The number of carbonyl (C=O) groups excluding carboxylic acids is 3. The van der Waals surface area contributed by atoms with Crippen molar-refractivity contribution in [1.29, 1.82) is 0 Å². The first kappa shape index (κ1) is 20.5. The summed E-state index contributed by atoms with van der Waals surface area (Å²) in [7, 11) is 0. The van der Waals surface area contributed by atoms with E-state index in [0.29, 0.717) is 43.5 Å². The lowest BCUT2D eigenvalue weighted by atomic mass is 9.97. The molecule has 2 heterocycles.